The molecule has 1 aromatic carbocycles. The van der Waals surface area contributed by atoms with E-state index in [1.54, 1.807) is 11.1 Å². The number of benzene rings is 1. The van der Waals surface area contributed by atoms with Crippen LogP contribution in [0.5, 0.6) is 0 Å². The summed E-state index contributed by atoms with van der Waals surface area (Å²) in [6.45, 7) is 7.22. The molecule has 80 valence electrons. The van der Waals surface area contributed by atoms with Crippen molar-refractivity contribution >= 4 is 0 Å². The molecule has 0 spiro atoms. The summed E-state index contributed by atoms with van der Waals surface area (Å²) < 4.78 is 0. The molecule has 0 N–H and O–H groups in total. The maximum absolute atomic E-state index is 2.64. The summed E-state index contributed by atoms with van der Waals surface area (Å²) in [5.41, 5.74) is 3.70. The molecule has 1 saturated heterocycles. The van der Waals surface area contributed by atoms with Crippen LogP contribution in [-0.4, -0.2) is 18.0 Å². The Labute approximate surface area is 92.1 Å². The number of rotatable bonds is 1. The molecule has 0 radical (unpaired) electrons. The van der Waals surface area contributed by atoms with E-state index in [1.165, 1.54) is 25.9 Å². The first kappa shape index (κ1) is 9.41. The highest BCUT2D eigenvalue weighted by Crippen LogP contribution is 2.54. The maximum atomic E-state index is 2.64. The third kappa shape index (κ3) is 1.19. The number of hydrogen-bond acceptors (Lipinski definition) is 1. The van der Waals surface area contributed by atoms with Gasteiger partial charge in [0.25, 0.3) is 0 Å². The first-order valence-corrected chi connectivity index (χ1v) is 6.06. The predicted octanol–water partition coefficient (Wildman–Crippen LogP) is 3.02. The van der Waals surface area contributed by atoms with Crippen LogP contribution in [0.4, 0.5) is 0 Å². The molecular formula is C14H19N. The molecule has 3 rings (SSSR count). The highest BCUT2D eigenvalue weighted by atomic mass is 15.2. The lowest BCUT2D eigenvalue weighted by atomic mass is 9.83. The van der Waals surface area contributed by atoms with Gasteiger partial charge < -0.3 is 0 Å². The van der Waals surface area contributed by atoms with Crippen LogP contribution in [0.2, 0.25) is 0 Å². The van der Waals surface area contributed by atoms with Crippen LogP contribution in [-0.2, 0) is 6.42 Å². The van der Waals surface area contributed by atoms with Crippen LogP contribution in [0.25, 0.3) is 0 Å². The van der Waals surface area contributed by atoms with Gasteiger partial charge in [0.05, 0.1) is 0 Å². The normalized spacial score (nSPS) is 34.1. The van der Waals surface area contributed by atoms with E-state index in [-0.39, 0.29) is 0 Å². The molecule has 0 amide bonds. The number of hydrogen-bond donors (Lipinski definition) is 0. The standard InChI is InChI=1S/C14H19N/c1-3-15-9-8-14(2)10-11-6-4-5-7-12(11)13(14)15/h4-7,13H,3,8-10H2,1-2H3. The zero-order valence-electron chi connectivity index (χ0n) is 9.66. The minimum absolute atomic E-state index is 0.514. The quantitative estimate of drug-likeness (QED) is 0.675. The smallest absolute Gasteiger partial charge is 0.0408 e. The molecule has 1 heterocycles. The molecule has 0 aromatic heterocycles. The predicted molar refractivity (Wildman–Crippen MR) is 62.9 cm³/mol. The van der Waals surface area contributed by atoms with E-state index in [9.17, 15) is 0 Å². The Hall–Kier alpha value is -0.820. The summed E-state index contributed by atoms with van der Waals surface area (Å²) in [5.74, 6) is 0. The summed E-state index contributed by atoms with van der Waals surface area (Å²) in [6, 6.07) is 9.71. The van der Waals surface area contributed by atoms with Gasteiger partial charge in [-0.3, -0.25) is 4.90 Å². The first-order chi connectivity index (χ1) is 7.24. The number of likely N-dealkylation sites (tertiary alicyclic amines) is 1. The second kappa shape index (κ2) is 3.08. The van der Waals surface area contributed by atoms with Crippen molar-refractivity contribution in [3.05, 3.63) is 35.4 Å². The highest BCUT2D eigenvalue weighted by molar-refractivity contribution is 5.39. The Balaban J connectivity index is 2.08. The Morgan fingerprint density at radius 1 is 1.40 bits per heavy atom. The van der Waals surface area contributed by atoms with E-state index < -0.39 is 0 Å². The van der Waals surface area contributed by atoms with Crippen LogP contribution < -0.4 is 0 Å². The minimum Gasteiger partial charge on any atom is -0.296 e. The first-order valence-electron chi connectivity index (χ1n) is 6.06. The van der Waals surface area contributed by atoms with E-state index in [0.717, 1.165) is 0 Å². The van der Waals surface area contributed by atoms with Gasteiger partial charge in [-0.05, 0) is 42.5 Å². The van der Waals surface area contributed by atoms with Gasteiger partial charge in [0, 0.05) is 6.04 Å². The van der Waals surface area contributed by atoms with Gasteiger partial charge in [-0.15, -0.1) is 0 Å². The van der Waals surface area contributed by atoms with Gasteiger partial charge >= 0.3 is 0 Å². The summed E-state index contributed by atoms with van der Waals surface area (Å²) in [6.07, 6.45) is 2.64. The molecule has 2 aliphatic rings. The lowest BCUT2D eigenvalue weighted by Gasteiger charge is -2.29. The van der Waals surface area contributed by atoms with Crippen molar-refractivity contribution < 1.29 is 0 Å². The maximum Gasteiger partial charge on any atom is 0.0408 e. The van der Waals surface area contributed by atoms with Crippen molar-refractivity contribution in [2.24, 2.45) is 5.41 Å². The summed E-state index contributed by atoms with van der Waals surface area (Å²) in [7, 11) is 0. The monoisotopic (exact) mass is 201 g/mol. The molecular weight excluding hydrogens is 182 g/mol. The fourth-order valence-corrected chi connectivity index (χ4v) is 3.60. The molecule has 2 unspecified atom stereocenters. The topological polar surface area (TPSA) is 3.24 Å². The van der Waals surface area contributed by atoms with Gasteiger partial charge in [0.2, 0.25) is 0 Å². The van der Waals surface area contributed by atoms with Crippen molar-refractivity contribution in [1.29, 1.82) is 0 Å². The average Bonchev–Trinajstić information content (AvgIpc) is 2.69. The lowest BCUT2D eigenvalue weighted by Crippen LogP contribution is -2.27. The van der Waals surface area contributed by atoms with Gasteiger partial charge in [0.15, 0.2) is 0 Å². The highest BCUT2D eigenvalue weighted by Gasteiger charge is 2.48. The fraction of sp³-hybridized carbons (Fsp3) is 0.571. The molecule has 1 fully saturated rings. The third-order valence-electron chi connectivity index (χ3n) is 4.35. The fourth-order valence-electron chi connectivity index (χ4n) is 3.60. The zero-order chi connectivity index (χ0) is 10.5. The third-order valence-corrected chi connectivity index (χ3v) is 4.35. The summed E-state index contributed by atoms with van der Waals surface area (Å²) in [4.78, 5) is 2.64. The second-order valence-electron chi connectivity index (χ2n) is 5.31. The van der Waals surface area contributed by atoms with Crippen LogP contribution >= 0.6 is 0 Å². The lowest BCUT2D eigenvalue weighted by molar-refractivity contribution is 0.195. The molecule has 1 nitrogen and oxygen atoms in total. The minimum atomic E-state index is 0.514. The zero-order valence-corrected chi connectivity index (χ0v) is 9.66. The van der Waals surface area contributed by atoms with Crippen molar-refractivity contribution in [1.82, 2.24) is 4.90 Å². The van der Waals surface area contributed by atoms with Crippen molar-refractivity contribution in [3.8, 4) is 0 Å². The van der Waals surface area contributed by atoms with Crippen LogP contribution in [0, 0.1) is 5.41 Å². The van der Waals surface area contributed by atoms with Gasteiger partial charge in [-0.25, -0.2) is 0 Å². The molecule has 0 bridgehead atoms. The average molecular weight is 201 g/mol. The van der Waals surface area contributed by atoms with E-state index in [2.05, 4.69) is 43.0 Å². The van der Waals surface area contributed by atoms with Gasteiger partial charge in [-0.1, -0.05) is 38.1 Å². The van der Waals surface area contributed by atoms with E-state index in [1.807, 2.05) is 0 Å². The van der Waals surface area contributed by atoms with E-state index >= 15 is 0 Å². The van der Waals surface area contributed by atoms with Crippen LogP contribution in [0.1, 0.15) is 37.4 Å². The molecule has 0 saturated carbocycles. The van der Waals surface area contributed by atoms with E-state index in [4.69, 9.17) is 0 Å². The van der Waals surface area contributed by atoms with Crippen LogP contribution in [0.3, 0.4) is 0 Å². The molecule has 1 heteroatoms. The SMILES string of the molecule is CCN1CCC2(C)Cc3ccccc3C12. The van der Waals surface area contributed by atoms with Gasteiger partial charge in [-0.2, -0.15) is 0 Å². The van der Waals surface area contributed by atoms with E-state index in [0.29, 0.717) is 11.5 Å². The Morgan fingerprint density at radius 3 is 3.00 bits per heavy atom. The Morgan fingerprint density at radius 2 is 2.20 bits per heavy atom. The largest absolute Gasteiger partial charge is 0.296 e. The summed E-state index contributed by atoms with van der Waals surface area (Å²) >= 11 is 0. The van der Waals surface area contributed by atoms with Crippen LogP contribution in [0.15, 0.2) is 24.3 Å². The molecule has 1 aromatic rings. The molecule has 1 aliphatic heterocycles. The van der Waals surface area contributed by atoms with Crippen molar-refractivity contribution in [3.63, 3.8) is 0 Å². The molecule has 15 heavy (non-hydrogen) atoms. The van der Waals surface area contributed by atoms with Crippen molar-refractivity contribution in [2.75, 3.05) is 13.1 Å². The molecule has 2 atom stereocenters. The van der Waals surface area contributed by atoms with Crippen molar-refractivity contribution in [2.45, 2.75) is 32.7 Å². The van der Waals surface area contributed by atoms with Gasteiger partial charge in [0.1, 0.15) is 0 Å². The Kier molecular flexibility index (Phi) is 1.93. The summed E-state index contributed by atoms with van der Waals surface area (Å²) in [5, 5.41) is 0. The number of fused-ring (bicyclic) bond motifs is 3. The second-order valence-corrected chi connectivity index (χ2v) is 5.31. The Bertz CT molecular complexity index is 385. The number of nitrogens with zero attached hydrogens (tertiary/aromatic N) is 1. The molecule has 1 aliphatic carbocycles.